The van der Waals surface area contributed by atoms with Gasteiger partial charge < -0.3 is 14.7 Å². The molecule has 2 aromatic rings. The van der Waals surface area contributed by atoms with Crippen molar-refractivity contribution in [1.82, 2.24) is 9.80 Å². The van der Waals surface area contributed by atoms with E-state index in [1.807, 2.05) is 7.05 Å². The van der Waals surface area contributed by atoms with Crippen LogP contribution in [0.15, 0.2) is 48.5 Å². The summed E-state index contributed by atoms with van der Waals surface area (Å²) in [5.41, 5.74) is 2.82. The van der Waals surface area contributed by atoms with Crippen molar-refractivity contribution >= 4 is 17.5 Å². The maximum absolute atomic E-state index is 13.2. The van der Waals surface area contributed by atoms with Crippen LogP contribution in [0.1, 0.15) is 48.0 Å². The highest BCUT2D eigenvalue weighted by Gasteiger charge is 2.30. The Labute approximate surface area is 189 Å². The lowest BCUT2D eigenvalue weighted by Gasteiger charge is -2.34. The quantitative estimate of drug-likeness (QED) is 0.700. The highest BCUT2D eigenvalue weighted by Crippen LogP contribution is 2.23. The molecule has 2 saturated heterocycles. The van der Waals surface area contributed by atoms with Gasteiger partial charge in [-0.25, -0.2) is 4.39 Å². The van der Waals surface area contributed by atoms with Crippen molar-refractivity contribution in [2.24, 2.45) is 5.92 Å². The van der Waals surface area contributed by atoms with Crippen molar-refractivity contribution < 1.29 is 14.0 Å². The number of hydrogen-bond donors (Lipinski definition) is 0. The fraction of sp³-hybridized carbons (Fsp3) is 0.462. The zero-order valence-electron chi connectivity index (χ0n) is 18.8. The molecule has 0 spiro atoms. The predicted octanol–water partition coefficient (Wildman–Crippen LogP) is 4.33. The molecule has 6 heteroatoms. The van der Waals surface area contributed by atoms with Crippen molar-refractivity contribution in [2.45, 2.75) is 38.6 Å². The monoisotopic (exact) mass is 437 g/mol. The van der Waals surface area contributed by atoms with Gasteiger partial charge in [-0.1, -0.05) is 12.1 Å². The first-order valence-corrected chi connectivity index (χ1v) is 11.6. The standard InChI is InChI=1S/C26H32FN3O2/c1-28(18-20-7-13-24(14-8-20)29-15-3-2-4-16-29)25(31)22-6-5-17-30(19-22)26(32)21-9-11-23(27)12-10-21/h7-14,22H,2-6,15-19H2,1H3/t22-/m0/s1. The highest BCUT2D eigenvalue weighted by atomic mass is 19.1. The van der Waals surface area contributed by atoms with Crippen LogP contribution in [-0.2, 0) is 11.3 Å². The first-order valence-electron chi connectivity index (χ1n) is 11.6. The zero-order valence-corrected chi connectivity index (χ0v) is 18.8. The lowest BCUT2D eigenvalue weighted by molar-refractivity contribution is -0.136. The lowest BCUT2D eigenvalue weighted by Crippen LogP contribution is -2.45. The summed E-state index contributed by atoms with van der Waals surface area (Å²) in [5, 5.41) is 0. The number of amides is 2. The lowest BCUT2D eigenvalue weighted by atomic mass is 9.95. The van der Waals surface area contributed by atoms with E-state index in [0.29, 0.717) is 25.2 Å². The minimum atomic E-state index is -0.362. The van der Waals surface area contributed by atoms with Crippen LogP contribution in [0.5, 0.6) is 0 Å². The van der Waals surface area contributed by atoms with E-state index in [4.69, 9.17) is 0 Å². The van der Waals surface area contributed by atoms with Gasteiger partial charge in [0.25, 0.3) is 5.91 Å². The van der Waals surface area contributed by atoms with Gasteiger partial charge in [-0.3, -0.25) is 9.59 Å². The van der Waals surface area contributed by atoms with Crippen molar-refractivity contribution in [3.05, 3.63) is 65.5 Å². The molecule has 2 aliphatic rings. The summed E-state index contributed by atoms with van der Waals surface area (Å²) in [5.74, 6) is -0.634. The smallest absolute Gasteiger partial charge is 0.253 e. The first-order chi connectivity index (χ1) is 15.5. The number of likely N-dealkylation sites (tertiary alicyclic amines) is 1. The van der Waals surface area contributed by atoms with Crippen LogP contribution in [0, 0.1) is 11.7 Å². The van der Waals surface area contributed by atoms with E-state index >= 15 is 0 Å². The minimum absolute atomic E-state index is 0.0710. The topological polar surface area (TPSA) is 43.9 Å². The van der Waals surface area contributed by atoms with Gasteiger partial charge in [-0.2, -0.15) is 0 Å². The Morgan fingerprint density at radius 1 is 0.938 bits per heavy atom. The predicted molar refractivity (Wildman–Crippen MR) is 124 cm³/mol. The molecule has 2 amide bonds. The molecule has 32 heavy (non-hydrogen) atoms. The second-order valence-electron chi connectivity index (χ2n) is 9.01. The van der Waals surface area contributed by atoms with Crippen molar-refractivity contribution in [2.75, 3.05) is 38.1 Å². The Balaban J connectivity index is 1.33. The number of halogens is 1. The SMILES string of the molecule is CN(Cc1ccc(N2CCCCC2)cc1)C(=O)[C@H]1CCCN(C(=O)c2ccc(F)cc2)C1. The number of rotatable bonds is 5. The summed E-state index contributed by atoms with van der Waals surface area (Å²) in [6.45, 7) is 3.83. The van der Waals surface area contributed by atoms with Gasteiger partial charge in [0, 0.05) is 51.0 Å². The fourth-order valence-corrected chi connectivity index (χ4v) is 4.77. The maximum Gasteiger partial charge on any atom is 0.253 e. The maximum atomic E-state index is 13.2. The van der Waals surface area contributed by atoms with Crippen molar-refractivity contribution in [1.29, 1.82) is 0 Å². The Morgan fingerprint density at radius 2 is 1.62 bits per heavy atom. The van der Waals surface area contributed by atoms with Gasteiger partial charge in [-0.15, -0.1) is 0 Å². The number of piperidine rings is 2. The Bertz CT molecular complexity index is 923. The fourth-order valence-electron chi connectivity index (χ4n) is 4.77. The molecular formula is C26H32FN3O2. The minimum Gasteiger partial charge on any atom is -0.372 e. The van der Waals surface area contributed by atoms with E-state index in [1.165, 1.54) is 49.2 Å². The number of carbonyl (C=O) groups is 2. The summed E-state index contributed by atoms with van der Waals surface area (Å²) >= 11 is 0. The van der Waals surface area contributed by atoms with Crippen LogP contribution < -0.4 is 4.90 Å². The molecule has 5 nitrogen and oxygen atoms in total. The van der Waals surface area contributed by atoms with Gasteiger partial charge in [0.15, 0.2) is 0 Å². The summed E-state index contributed by atoms with van der Waals surface area (Å²) in [6, 6.07) is 14.1. The van der Waals surface area contributed by atoms with Crippen LogP contribution in [0.3, 0.4) is 0 Å². The van der Waals surface area contributed by atoms with Gasteiger partial charge in [-0.05, 0) is 74.1 Å². The number of benzene rings is 2. The Hall–Kier alpha value is -2.89. The van der Waals surface area contributed by atoms with Gasteiger partial charge in [0.1, 0.15) is 5.82 Å². The molecule has 0 aromatic heterocycles. The molecule has 2 heterocycles. The Kier molecular flexibility index (Phi) is 7.08. The Morgan fingerprint density at radius 3 is 2.31 bits per heavy atom. The molecule has 0 radical (unpaired) electrons. The molecule has 0 unspecified atom stereocenters. The molecule has 0 saturated carbocycles. The molecule has 4 rings (SSSR count). The highest BCUT2D eigenvalue weighted by molar-refractivity contribution is 5.94. The zero-order chi connectivity index (χ0) is 22.5. The van der Waals surface area contributed by atoms with E-state index in [1.54, 1.807) is 9.80 Å². The van der Waals surface area contributed by atoms with Crippen LogP contribution in [0.25, 0.3) is 0 Å². The van der Waals surface area contributed by atoms with Crippen molar-refractivity contribution in [3.63, 3.8) is 0 Å². The molecule has 2 fully saturated rings. The molecule has 0 bridgehead atoms. The van der Waals surface area contributed by atoms with Crippen LogP contribution in [0.2, 0.25) is 0 Å². The van der Waals surface area contributed by atoms with E-state index in [-0.39, 0.29) is 23.5 Å². The number of anilines is 1. The summed E-state index contributed by atoms with van der Waals surface area (Å²) in [6.07, 6.45) is 5.39. The van der Waals surface area contributed by atoms with E-state index in [2.05, 4.69) is 29.2 Å². The van der Waals surface area contributed by atoms with Gasteiger partial charge >= 0.3 is 0 Å². The summed E-state index contributed by atoms with van der Waals surface area (Å²) in [7, 11) is 1.83. The van der Waals surface area contributed by atoms with E-state index in [0.717, 1.165) is 31.5 Å². The molecule has 1 atom stereocenters. The molecule has 170 valence electrons. The first kappa shape index (κ1) is 22.3. The second-order valence-corrected chi connectivity index (χ2v) is 9.01. The van der Waals surface area contributed by atoms with Gasteiger partial charge in [0.05, 0.1) is 5.92 Å². The molecule has 2 aromatic carbocycles. The van der Waals surface area contributed by atoms with Crippen LogP contribution in [-0.4, -0.2) is 54.8 Å². The van der Waals surface area contributed by atoms with E-state index < -0.39 is 0 Å². The molecule has 2 aliphatic heterocycles. The number of hydrogen-bond acceptors (Lipinski definition) is 3. The van der Waals surface area contributed by atoms with Gasteiger partial charge in [0.2, 0.25) is 5.91 Å². The average Bonchev–Trinajstić information content (AvgIpc) is 2.84. The third-order valence-corrected chi connectivity index (χ3v) is 6.60. The molecule has 0 N–H and O–H groups in total. The third kappa shape index (κ3) is 5.29. The number of nitrogens with zero attached hydrogens (tertiary/aromatic N) is 3. The largest absolute Gasteiger partial charge is 0.372 e. The van der Waals surface area contributed by atoms with Crippen LogP contribution in [0.4, 0.5) is 10.1 Å². The van der Waals surface area contributed by atoms with Crippen LogP contribution >= 0.6 is 0 Å². The normalized spacial score (nSPS) is 19.0. The van der Waals surface area contributed by atoms with E-state index in [9.17, 15) is 14.0 Å². The molecule has 0 aliphatic carbocycles. The third-order valence-electron chi connectivity index (χ3n) is 6.60. The average molecular weight is 438 g/mol. The summed E-state index contributed by atoms with van der Waals surface area (Å²) < 4.78 is 13.2. The number of carbonyl (C=O) groups excluding carboxylic acids is 2. The second kappa shape index (κ2) is 10.2. The molecular weight excluding hydrogens is 405 g/mol. The summed E-state index contributed by atoms with van der Waals surface area (Å²) in [4.78, 5) is 31.8. The van der Waals surface area contributed by atoms with Crippen molar-refractivity contribution in [3.8, 4) is 0 Å².